The standard InChI is InChI=1S/C17H15BF2N4O3/c1-23-5-10(21-8-23)6-24-7-11(17(26)27)15(14(20)16(24)25)22-13-3-2-9(18)4-12(13)19/h2-5,7-8,22H,6,18H2,1H3,(H,26,27). The molecule has 0 radical (unpaired) electrons. The number of aromatic carboxylic acids is 1. The minimum absolute atomic E-state index is 0.101. The predicted molar refractivity (Wildman–Crippen MR) is 97.8 cm³/mol. The molecule has 0 aliphatic heterocycles. The summed E-state index contributed by atoms with van der Waals surface area (Å²) >= 11 is 0. The topological polar surface area (TPSA) is 89.2 Å². The quantitative estimate of drug-likeness (QED) is 0.641. The number of pyridine rings is 1. The molecule has 2 N–H and O–H groups in total. The maximum absolute atomic E-state index is 14.7. The fourth-order valence-electron chi connectivity index (χ4n) is 2.61. The fourth-order valence-corrected chi connectivity index (χ4v) is 2.61. The van der Waals surface area contributed by atoms with Crippen LogP contribution in [-0.2, 0) is 13.6 Å². The summed E-state index contributed by atoms with van der Waals surface area (Å²) in [5.41, 5.74) is -1.16. The second kappa shape index (κ2) is 7.06. The molecule has 0 atom stereocenters. The third-order valence-electron chi connectivity index (χ3n) is 3.93. The summed E-state index contributed by atoms with van der Waals surface area (Å²) in [6.07, 6.45) is 4.14. The highest BCUT2D eigenvalue weighted by atomic mass is 19.1. The van der Waals surface area contributed by atoms with E-state index in [0.29, 0.717) is 11.2 Å². The SMILES string of the molecule is Bc1ccc(Nc2c(C(=O)O)cn(Cc3cn(C)cn3)c(=O)c2F)c(F)c1. The van der Waals surface area contributed by atoms with E-state index in [1.807, 2.05) is 0 Å². The molecule has 1 aromatic carbocycles. The molecular formula is C17H15BF2N4O3. The Balaban J connectivity index is 2.07. The number of aryl methyl sites for hydroxylation is 1. The van der Waals surface area contributed by atoms with Crippen molar-refractivity contribution in [1.29, 1.82) is 0 Å². The highest BCUT2D eigenvalue weighted by Crippen LogP contribution is 2.24. The summed E-state index contributed by atoms with van der Waals surface area (Å²) in [6.45, 7) is -0.101. The first-order valence-electron chi connectivity index (χ1n) is 7.92. The van der Waals surface area contributed by atoms with Crippen LogP contribution in [0.3, 0.4) is 0 Å². The van der Waals surface area contributed by atoms with Crippen LogP contribution in [-0.4, -0.2) is 33.0 Å². The second-order valence-corrected chi connectivity index (χ2v) is 6.11. The molecule has 0 saturated carbocycles. The number of anilines is 2. The Bertz CT molecular complexity index is 1090. The van der Waals surface area contributed by atoms with Gasteiger partial charge in [-0.15, -0.1) is 0 Å². The predicted octanol–water partition coefficient (Wildman–Crippen LogP) is 0.609. The van der Waals surface area contributed by atoms with Crippen molar-refractivity contribution >= 4 is 30.7 Å². The first-order valence-corrected chi connectivity index (χ1v) is 7.92. The van der Waals surface area contributed by atoms with Crippen LogP contribution in [0.5, 0.6) is 0 Å². The molecule has 0 unspecified atom stereocenters. The average molecular weight is 372 g/mol. The highest BCUT2D eigenvalue weighted by molar-refractivity contribution is 6.32. The van der Waals surface area contributed by atoms with E-state index in [1.165, 1.54) is 18.5 Å². The molecule has 2 aromatic heterocycles. The average Bonchev–Trinajstić information content (AvgIpc) is 3.01. The Kier molecular flexibility index (Phi) is 4.80. The normalized spacial score (nSPS) is 10.8. The molecule has 27 heavy (non-hydrogen) atoms. The van der Waals surface area contributed by atoms with E-state index in [0.717, 1.165) is 10.8 Å². The molecule has 0 amide bonds. The molecule has 0 fully saturated rings. The molecular weight excluding hydrogens is 357 g/mol. The van der Waals surface area contributed by atoms with Crippen molar-refractivity contribution in [2.45, 2.75) is 6.54 Å². The summed E-state index contributed by atoms with van der Waals surface area (Å²) in [7, 11) is 3.40. The number of carboxylic acid groups (broad SMARTS) is 1. The molecule has 138 valence electrons. The van der Waals surface area contributed by atoms with Gasteiger partial charge in [0.25, 0.3) is 5.56 Å². The van der Waals surface area contributed by atoms with Gasteiger partial charge in [-0.05, 0) is 12.1 Å². The van der Waals surface area contributed by atoms with Gasteiger partial charge in [-0.3, -0.25) is 4.79 Å². The lowest BCUT2D eigenvalue weighted by molar-refractivity contribution is 0.0696. The number of nitrogens with zero attached hydrogens (tertiary/aromatic N) is 3. The van der Waals surface area contributed by atoms with E-state index < -0.39 is 34.4 Å². The summed E-state index contributed by atoms with van der Waals surface area (Å²) < 4.78 is 31.3. The Hall–Kier alpha value is -3.43. The van der Waals surface area contributed by atoms with Gasteiger partial charge < -0.3 is 19.6 Å². The molecule has 0 bridgehead atoms. The van der Waals surface area contributed by atoms with Gasteiger partial charge in [-0.25, -0.2) is 14.2 Å². The Morgan fingerprint density at radius 1 is 1.33 bits per heavy atom. The lowest BCUT2D eigenvalue weighted by atomic mass is 9.96. The number of nitrogens with one attached hydrogen (secondary N) is 1. The first-order chi connectivity index (χ1) is 12.8. The van der Waals surface area contributed by atoms with Gasteiger partial charge in [0, 0.05) is 19.4 Å². The van der Waals surface area contributed by atoms with Gasteiger partial charge in [0.2, 0.25) is 5.82 Å². The van der Waals surface area contributed by atoms with Crippen LogP contribution >= 0.6 is 0 Å². The van der Waals surface area contributed by atoms with Crippen molar-refractivity contribution in [2.75, 3.05) is 5.32 Å². The highest BCUT2D eigenvalue weighted by Gasteiger charge is 2.22. The van der Waals surface area contributed by atoms with Gasteiger partial charge in [-0.1, -0.05) is 11.5 Å². The first kappa shape index (κ1) is 18.4. The molecule has 10 heteroatoms. The summed E-state index contributed by atoms with van der Waals surface area (Å²) in [6, 6.07) is 4.13. The smallest absolute Gasteiger partial charge is 0.339 e. The van der Waals surface area contributed by atoms with Crippen LogP contribution in [0.15, 0.2) is 41.7 Å². The van der Waals surface area contributed by atoms with E-state index in [-0.39, 0.29) is 12.2 Å². The van der Waals surface area contributed by atoms with Crippen molar-refractivity contribution in [1.82, 2.24) is 14.1 Å². The lowest BCUT2D eigenvalue weighted by Crippen LogP contribution is -2.27. The minimum Gasteiger partial charge on any atom is -0.478 e. The van der Waals surface area contributed by atoms with E-state index in [2.05, 4.69) is 10.3 Å². The number of hydrogen-bond donors (Lipinski definition) is 2. The molecule has 0 aliphatic carbocycles. The van der Waals surface area contributed by atoms with Crippen LogP contribution in [0.4, 0.5) is 20.2 Å². The maximum Gasteiger partial charge on any atom is 0.339 e. The number of halogens is 2. The van der Waals surface area contributed by atoms with Gasteiger partial charge in [0.1, 0.15) is 19.2 Å². The van der Waals surface area contributed by atoms with Gasteiger partial charge in [-0.2, -0.15) is 4.39 Å². The van der Waals surface area contributed by atoms with Crippen molar-refractivity contribution in [3.05, 3.63) is 70.2 Å². The minimum atomic E-state index is -1.46. The monoisotopic (exact) mass is 372 g/mol. The van der Waals surface area contributed by atoms with Gasteiger partial charge in [0.05, 0.1) is 29.9 Å². The zero-order valence-electron chi connectivity index (χ0n) is 14.5. The molecule has 3 rings (SSSR count). The van der Waals surface area contributed by atoms with Crippen molar-refractivity contribution < 1.29 is 18.7 Å². The number of carbonyl (C=O) groups is 1. The van der Waals surface area contributed by atoms with Crippen LogP contribution in [0.2, 0.25) is 0 Å². The van der Waals surface area contributed by atoms with Crippen LogP contribution in [0, 0.1) is 11.6 Å². The van der Waals surface area contributed by atoms with Crippen molar-refractivity contribution in [2.24, 2.45) is 7.05 Å². The zero-order valence-corrected chi connectivity index (χ0v) is 14.5. The largest absolute Gasteiger partial charge is 0.478 e. The number of rotatable bonds is 5. The van der Waals surface area contributed by atoms with Crippen LogP contribution in [0.25, 0.3) is 0 Å². The fraction of sp³-hybridized carbons (Fsp3) is 0.118. The number of aromatic nitrogens is 3. The van der Waals surface area contributed by atoms with E-state index in [9.17, 15) is 23.5 Å². The third-order valence-corrected chi connectivity index (χ3v) is 3.93. The van der Waals surface area contributed by atoms with Gasteiger partial charge in [0.15, 0.2) is 0 Å². The Morgan fingerprint density at radius 2 is 2.07 bits per heavy atom. The van der Waals surface area contributed by atoms with E-state index in [4.69, 9.17) is 0 Å². The Morgan fingerprint density at radius 3 is 2.67 bits per heavy atom. The number of carboxylic acids is 1. The number of hydrogen-bond acceptors (Lipinski definition) is 4. The maximum atomic E-state index is 14.7. The molecule has 0 aliphatic rings. The van der Waals surface area contributed by atoms with Crippen LogP contribution in [0.1, 0.15) is 16.1 Å². The molecule has 7 nitrogen and oxygen atoms in total. The molecule has 0 saturated heterocycles. The van der Waals surface area contributed by atoms with E-state index in [1.54, 1.807) is 31.7 Å². The molecule has 2 heterocycles. The second-order valence-electron chi connectivity index (χ2n) is 6.11. The van der Waals surface area contributed by atoms with Gasteiger partial charge >= 0.3 is 5.97 Å². The lowest BCUT2D eigenvalue weighted by Gasteiger charge is -2.14. The van der Waals surface area contributed by atoms with Crippen molar-refractivity contribution in [3.63, 3.8) is 0 Å². The summed E-state index contributed by atoms with van der Waals surface area (Å²) in [5, 5.41) is 11.8. The number of benzene rings is 1. The van der Waals surface area contributed by atoms with Crippen molar-refractivity contribution in [3.8, 4) is 0 Å². The zero-order chi connectivity index (χ0) is 19.7. The summed E-state index contributed by atoms with van der Waals surface area (Å²) in [4.78, 5) is 28.0. The third kappa shape index (κ3) is 3.74. The number of imidazole rings is 1. The molecule has 0 spiro atoms. The van der Waals surface area contributed by atoms with E-state index >= 15 is 0 Å². The Labute approximate surface area is 153 Å². The summed E-state index contributed by atoms with van der Waals surface area (Å²) in [5.74, 6) is -3.46. The van der Waals surface area contributed by atoms with Crippen LogP contribution < -0.4 is 16.3 Å². The molecule has 3 aromatic rings.